The molecule has 2 unspecified atom stereocenters. The summed E-state index contributed by atoms with van der Waals surface area (Å²) in [6.07, 6.45) is 1.85. The molecule has 8 heteroatoms. The number of alkyl carbamates (subject to hydrolysis) is 1. The van der Waals surface area contributed by atoms with E-state index in [0.29, 0.717) is 5.69 Å². The Bertz CT molecular complexity index is 1140. The van der Waals surface area contributed by atoms with E-state index in [1.807, 2.05) is 63.2 Å². The van der Waals surface area contributed by atoms with Crippen LogP contribution in [0.3, 0.4) is 0 Å². The van der Waals surface area contributed by atoms with Gasteiger partial charge in [-0.05, 0) is 89.1 Å². The SMILES string of the molecule is Cc1ccccc1NC(=O)C(c1cccc(C)c1C)N(C(=O)C(CS)NC(=O)OC(C)(C)C)C1CCC1. The third-order valence-electron chi connectivity index (χ3n) is 6.76. The number of hydrogen-bond donors (Lipinski definition) is 3. The second kappa shape index (κ2) is 12.0. The van der Waals surface area contributed by atoms with Crippen LogP contribution in [0.2, 0.25) is 0 Å². The van der Waals surface area contributed by atoms with Gasteiger partial charge in [-0.15, -0.1) is 0 Å². The summed E-state index contributed by atoms with van der Waals surface area (Å²) < 4.78 is 5.39. The Morgan fingerprint density at radius 1 is 1.03 bits per heavy atom. The molecule has 200 valence electrons. The Balaban J connectivity index is 2.03. The fourth-order valence-electron chi connectivity index (χ4n) is 4.40. The maximum atomic E-state index is 14.1. The molecule has 0 aliphatic heterocycles. The molecule has 3 amide bonds. The number of nitrogens with zero attached hydrogens (tertiary/aromatic N) is 1. The second-order valence-electron chi connectivity index (χ2n) is 10.7. The minimum absolute atomic E-state index is 0.0697. The molecule has 1 aliphatic rings. The summed E-state index contributed by atoms with van der Waals surface area (Å²) in [5, 5.41) is 5.73. The average molecular weight is 526 g/mol. The van der Waals surface area contributed by atoms with Crippen molar-refractivity contribution in [1.82, 2.24) is 10.2 Å². The minimum atomic E-state index is -0.947. The van der Waals surface area contributed by atoms with Gasteiger partial charge in [0.2, 0.25) is 5.91 Å². The van der Waals surface area contributed by atoms with Crippen molar-refractivity contribution in [1.29, 1.82) is 0 Å². The quantitative estimate of drug-likeness (QED) is 0.398. The van der Waals surface area contributed by atoms with Gasteiger partial charge in [0.15, 0.2) is 0 Å². The lowest BCUT2D eigenvalue weighted by Gasteiger charge is -2.44. The molecule has 37 heavy (non-hydrogen) atoms. The molecule has 2 aromatic carbocycles. The lowest BCUT2D eigenvalue weighted by atomic mass is 9.86. The van der Waals surface area contributed by atoms with Crippen LogP contribution < -0.4 is 10.6 Å². The monoisotopic (exact) mass is 525 g/mol. The smallest absolute Gasteiger partial charge is 0.408 e. The molecule has 1 saturated carbocycles. The number of ether oxygens (including phenoxy) is 1. The molecule has 1 fully saturated rings. The Kier molecular flexibility index (Phi) is 9.29. The van der Waals surface area contributed by atoms with Crippen LogP contribution in [0.4, 0.5) is 10.5 Å². The fourth-order valence-corrected chi connectivity index (χ4v) is 4.65. The number of carbonyl (C=O) groups is 3. The first-order valence-corrected chi connectivity index (χ1v) is 13.4. The number of anilines is 1. The summed E-state index contributed by atoms with van der Waals surface area (Å²) in [7, 11) is 0. The number of benzene rings is 2. The maximum Gasteiger partial charge on any atom is 0.408 e. The molecule has 2 aromatic rings. The van der Waals surface area contributed by atoms with Crippen LogP contribution in [0.25, 0.3) is 0 Å². The predicted octanol–water partition coefficient (Wildman–Crippen LogP) is 5.50. The number of carbonyl (C=O) groups excluding carboxylic acids is 3. The molecule has 3 rings (SSSR count). The van der Waals surface area contributed by atoms with E-state index < -0.39 is 23.8 Å². The van der Waals surface area contributed by atoms with Crippen LogP contribution in [0.1, 0.15) is 68.3 Å². The first-order valence-electron chi connectivity index (χ1n) is 12.8. The van der Waals surface area contributed by atoms with Gasteiger partial charge in [0.25, 0.3) is 5.91 Å². The van der Waals surface area contributed by atoms with Crippen LogP contribution in [-0.4, -0.2) is 46.2 Å². The van der Waals surface area contributed by atoms with Gasteiger partial charge in [-0.25, -0.2) is 4.79 Å². The first-order chi connectivity index (χ1) is 17.4. The molecule has 2 N–H and O–H groups in total. The summed E-state index contributed by atoms with van der Waals surface area (Å²) in [5.74, 6) is -0.574. The maximum absolute atomic E-state index is 14.1. The van der Waals surface area contributed by atoms with Gasteiger partial charge in [-0.3, -0.25) is 9.59 Å². The highest BCUT2D eigenvalue weighted by molar-refractivity contribution is 7.80. The molecular weight excluding hydrogens is 486 g/mol. The number of nitrogens with one attached hydrogen (secondary N) is 2. The number of thiol groups is 1. The summed E-state index contributed by atoms with van der Waals surface area (Å²) in [6, 6.07) is 11.4. The van der Waals surface area contributed by atoms with Crippen LogP contribution in [0.5, 0.6) is 0 Å². The zero-order valence-corrected chi connectivity index (χ0v) is 23.5. The molecule has 0 bridgehead atoms. The third-order valence-corrected chi connectivity index (χ3v) is 7.13. The molecule has 0 spiro atoms. The van der Waals surface area contributed by atoms with E-state index in [1.54, 1.807) is 25.7 Å². The third kappa shape index (κ3) is 7.06. The van der Waals surface area contributed by atoms with Crippen molar-refractivity contribution in [3.63, 3.8) is 0 Å². The summed E-state index contributed by atoms with van der Waals surface area (Å²) in [5.41, 5.74) is 3.66. The number of aryl methyl sites for hydroxylation is 2. The van der Waals surface area contributed by atoms with Crippen LogP contribution in [0, 0.1) is 20.8 Å². The highest BCUT2D eigenvalue weighted by atomic mass is 32.1. The van der Waals surface area contributed by atoms with E-state index in [9.17, 15) is 14.4 Å². The van der Waals surface area contributed by atoms with Crippen LogP contribution in [0.15, 0.2) is 42.5 Å². The molecule has 0 heterocycles. The van der Waals surface area contributed by atoms with Crippen molar-refractivity contribution in [2.24, 2.45) is 0 Å². The van der Waals surface area contributed by atoms with Crippen LogP contribution in [-0.2, 0) is 14.3 Å². The van der Waals surface area contributed by atoms with E-state index in [1.165, 1.54) is 0 Å². The van der Waals surface area contributed by atoms with Crippen molar-refractivity contribution in [3.8, 4) is 0 Å². The number of para-hydroxylation sites is 1. The van der Waals surface area contributed by atoms with Gasteiger partial charge in [-0.1, -0.05) is 36.4 Å². The van der Waals surface area contributed by atoms with E-state index in [4.69, 9.17) is 4.74 Å². The molecule has 2 atom stereocenters. The number of hydrogen-bond acceptors (Lipinski definition) is 5. The molecule has 0 aromatic heterocycles. The van der Waals surface area contributed by atoms with E-state index >= 15 is 0 Å². The van der Waals surface area contributed by atoms with Gasteiger partial charge < -0.3 is 20.3 Å². The second-order valence-corrected chi connectivity index (χ2v) is 11.1. The average Bonchev–Trinajstić information content (AvgIpc) is 2.78. The van der Waals surface area contributed by atoms with Gasteiger partial charge in [-0.2, -0.15) is 12.6 Å². The largest absolute Gasteiger partial charge is 0.444 e. The summed E-state index contributed by atoms with van der Waals surface area (Å²) >= 11 is 4.37. The van der Waals surface area contributed by atoms with Gasteiger partial charge in [0, 0.05) is 17.5 Å². The topological polar surface area (TPSA) is 87.7 Å². The highest BCUT2D eigenvalue weighted by Crippen LogP contribution is 2.36. The molecule has 0 saturated heterocycles. The molecule has 7 nitrogen and oxygen atoms in total. The molecule has 1 aliphatic carbocycles. The van der Waals surface area contributed by atoms with E-state index in [0.717, 1.165) is 41.5 Å². The van der Waals surface area contributed by atoms with Crippen molar-refractivity contribution in [3.05, 3.63) is 64.7 Å². The van der Waals surface area contributed by atoms with Gasteiger partial charge in [0.05, 0.1) is 0 Å². The Morgan fingerprint density at radius 3 is 2.24 bits per heavy atom. The van der Waals surface area contributed by atoms with Crippen molar-refractivity contribution < 1.29 is 19.1 Å². The lowest BCUT2D eigenvalue weighted by Crippen LogP contribution is -2.57. The lowest BCUT2D eigenvalue weighted by molar-refractivity contribution is -0.145. The van der Waals surface area contributed by atoms with E-state index in [-0.39, 0.29) is 23.6 Å². The van der Waals surface area contributed by atoms with Crippen LogP contribution >= 0.6 is 12.6 Å². The molecule has 0 radical (unpaired) electrons. The highest BCUT2D eigenvalue weighted by Gasteiger charge is 2.42. The normalized spacial score (nSPS) is 15.2. The van der Waals surface area contributed by atoms with Gasteiger partial charge >= 0.3 is 6.09 Å². The zero-order valence-electron chi connectivity index (χ0n) is 22.6. The summed E-state index contributed by atoms with van der Waals surface area (Å²) in [4.78, 5) is 42.3. The predicted molar refractivity (Wildman–Crippen MR) is 150 cm³/mol. The van der Waals surface area contributed by atoms with E-state index in [2.05, 4.69) is 23.3 Å². The minimum Gasteiger partial charge on any atom is -0.444 e. The zero-order chi connectivity index (χ0) is 27.3. The van der Waals surface area contributed by atoms with Crippen molar-refractivity contribution >= 4 is 36.2 Å². The Morgan fingerprint density at radius 2 is 1.68 bits per heavy atom. The number of amides is 3. The Labute approximate surface area is 225 Å². The van der Waals surface area contributed by atoms with Crippen molar-refractivity contribution in [2.75, 3.05) is 11.1 Å². The number of rotatable bonds is 8. The molecular formula is C29H39N3O4S. The summed E-state index contributed by atoms with van der Waals surface area (Å²) in [6.45, 7) is 11.2. The fraction of sp³-hybridized carbons (Fsp3) is 0.483. The van der Waals surface area contributed by atoms with Gasteiger partial charge in [0.1, 0.15) is 17.7 Å². The first kappa shape index (κ1) is 28.6. The standard InChI is InChI=1S/C29H39N3O4S/c1-18-12-9-15-22(20(18)3)25(26(33)30-23-16-8-7-11-19(23)2)32(21-13-10-14-21)27(34)24(17-37)31-28(35)36-29(4,5)6/h7-9,11-12,15-16,21,24-25,37H,10,13-14,17H2,1-6H3,(H,30,33)(H,31,35). The van der Waals surface area contributed by atoms with Crippen molar-refractivity contribution in [2.45, 2.75) is 84.5 Å². The Hall–Kier alpha value is -3.00.